The van der Waals surface area contributed by atoms with Gasteiger partial charge in [0.15, 0.2) is 5.78 Å². The maximum absolute atomic E-state index is 11.5. The summed E-state index contributed by atoms with van der Waals surface area (Å²) in [4.78, 5) is 24.6. The van der Waals surface area contributed by atoms with E-state index < -0.39 is 0 Å². The molecule has 1 heterocycles. The molecule has 0 unspecified atom stereocenters. The van der Waals surface area contributed by atoms with Crippen LogP contribution in [0.2, 0.25) is 0 Å². The molecule has 1 saturated carbocycles. The van der Waals surface area contributed by atoms with E-state index in [2.05, 4.69) is 0 Å². The summed E-state index contributed by atoms with van der Waals surface area (Å²) in [5.74, 6) is 0.517. The van der Waals surface area contributed by atoms with Crippen LogP contribution in [0.15, 0.2) is 0 Å². The van der Waals surface area contributed by atoms with E-state index in [1.807, 2.05) is 0 Å². The quantitative estimate of drug-likeness (QED) is 0.650. The summed E-state index contributed by atoms with van der Waals surface area (Å²) in [6, 6.07) is 0. The minimum Gasteiger partial charge on any atom is -0.379 e. The molecule has 4 heteroatoms. The van der Waals surface area contributed by atoms with Crippen molar-refractivity contribution < 1.29 is 14.3 Å². The van der Waals surface area contributed by atoms with Crippen molar-refractivity contribution in [3.8, 4) is 0 Å². The molecule has 1 saturated heterocycles. The molecule has 1 amide bonds. The van der Waals surface area contributed by atoms with Crippen LogP contribution in [0.1, 0.15) is 19.3 Å². The van der Waals surface area contributed by atoms with Gasteiger partial charge in [0.2, 0.25) is 5.91 Å². The number of hydrogen-bond acceptors (Lipinski definition) is 3. The van der Waals surface area contributed by atoms with Gasteiger partial charge in [-0.3, -0.25) is 9.59 Å². The first-order valence-electron chi connectivity index (χ1n) is 5.15. The minimum absolute atomic E-state index is 0.0523. The average Bonchev–Trinajstić information content (AvgIpc) is 2.95. The lowest BCUT2D eigenvalue weighted by Gasteiger charge is -2.18. The van der Waals surface area contributed by atoms with E-state index >= 15 is 0 Å². The molecule has 2 fully saturated rings. The van der Waals surface area contributed by atoms with Crippen molar-refractivity contribution in [3.63, 3.8) is 0 Å². The monoisotopic (exact) mass is 197 g/mol. The van der Waals surface area contributed by atoms with Crippen molar-refractivity contribution in [3.05, 3.63) is 0 Å². The number of carbonyl (C=O) groups is 2. The van der Waals surface area contributed by atoms with Crippen LogP contribution < -0.4 is 0 Å². The second-order valence-corrected chi connectivity index (χ2v) is 3.92. The fourth-order valence-electron chi connectivity index (χ4n) is 1.61. The molecular formula is C10H15NO3. The van der Waals surface area contributed by atoms with Crippen molar-refractivity contribution in [1.29, 1.82) is 0 Å². The highest BCUT2D eigenvalue weighted by atomic mass is 16.5. The van der Waals surface area contributed by atoms with E-state index in [9.17, 15) is 9.59 Å². The topological polar surface area (TPSA) is 46.6 Å². The fourth-order valence-corrected chi connectivity index (χ4v) is 1.61. The third-order valence-electron chi connectivity index (χ3n) is 2.70. The zero-order valence-corrected chi connectivity index (χ0v) is 8.20. The third kappa shape index (κ3) is 2.32. The molecular weight excluding hydrogens is 182 g/mol. The van der Waals surface area contributed by atoms with Gasteiger partial charge in [0, 0.05) is 12.5 Å². The number of hydrogen-bond donors (Lipinski definition) is 0. The third-order valence-corrected chi connectivity index (χ3v) is 2.70. The van der Waals surface area contributed by atoms with Crippen molar-refractivity contribution >= 4 is 11.7 Å². The summed E-state index contributed by atoms with van der Waals surface area (Å²) in [5, 5.41) is 0. The lowest BCUT2D eigenvalue weighted by molar-refractivity contribution is -0.135. The molecule has 0 atom stereocenters. The van der Waals surface area contributed by atoms with Crippen molar-refractivity contribution in [2.75, 3.05) is 26.3 Å². The number of ether oxygens (including phenoxy) is 1. The van der Waals surface area contributed by atoms with E-state index in [4.69, 9.17) is 4.74 Å². The Morgan fingerprint density at radius 3 is 2.93 bits per heavy atom. The summed E-state index contributed by atoms with van der Waals surface area (Å²) in [5.41, 5.74) is 0. The van der Waals surface area contributed by atoms with Crippen molar-refractivity contribution in [2.45, 2.75) is 19.3 Å². The first-order chi connectivity index (χ1) is 6.77. The van der Waals surface area contributed by atoms with Gasteiger partial charge in [0.05, 0.1) is 26.2 Å². The maximum atomic E-state index is 11.5. The molecule has 1 aliphatic heterocycles. The number of nitrogens with zero attached hydrogens (tertiary/aromatic N) is 1. The summed E-state index contributed by atoms with van der Waals surface area (Å²) in [6.45, 7) is 1.92. The van der Waals surface area contributed by atoms with E-state index in [0.717, 1.165) is 12.8 Å². The Labute approximate surface area is 83.2 Å². The number of Topliss-reactive ketones (excluding diaryl/α,β-unsaturated/α-hetero) is 1. The van der Waals surface area contributed by atoms with E-state index in [1.54, 1.807) is 4.90 Å². The molecule has 0 spiro atoms. The average molecular weight is 197 g/mol. The molecule has 0 N–H and O–H groups in total. The highest BCUT2D eigenvalue weighted by Gasteiger charge is 2.31. The van der Waals surface area contributed by atoms with E-state index in [1.165, 1.54) is 0 Å². The minimum atomic E-state index is 0.0523. The smallest absolute Gasteiger partial charge is 0.225 e. The lowest BCUT2D eigenvalue weighted by atomic mass is 10.2. The summed E-state index contributed by atoms with van der Waals surface area (Å²) in [7, 11) is 0. The molecule has 0 aromatic carbocycles. The van der Waals surface area contributed by atoms with E-state index in [0.29, 0.717) is 32.7 Å². The van der Waals surface area contributed by atoms with Crippen molar-refractivity contribution in [1.82, 2.24) is 4.90 Å². The zero-order chi connectivity index (χ0) is 9.97. The zero-order valence-electron chi connectivity index (χ0n) is 8.20. The Balaban J connectivity index is 1.87. The van der Waals surface area contributed by atoms with Gasteiger partial charge in [-0.15, -0.1) is 0 Å². The van der Waals surface area contributed by atoms with Crippen LogP contribution in [-0.4, -0.2) is 42.9 Å². The predicted octanol–water partition coefficient (Wildman–Crippen LogP) is 0.214. The Bertz CT molecular complexity index is 248. The second-order valence-electron chi connectivity index (χ2n) is 3.92. The van der Waals surface area contributed by atoms with Gasteiger partial charge in [-0.05, 0) is 12.8 Å². The first kappa shape index (κ1) is 9.65. The molecule has 4 nitrogen and oxygen atoms in total. The van der Waals surface area contributed by atoms with Gasteiger partial charge in [-0.25, -0.2) is 0 Å². The van der Waals surface area contributed by atoms with Crippen LogP contribution in [0.3, 0.4) is 0 Å². The largest absolute Gasteiger partial charge is 0.379 e. The Kier molecular flexibility index (Phi) is 2.82. The second kappa shape index (κ2) is 4.09. The van der Waals surface area contributed by atoms with Crippen LogP contribution in [0.25, 0.3) is 0 Å². The van der Waals surface area contributed by atoms with Gasteiger partial charge in [-0.2, -0.15) is 0 Å². The highest BCUT2D eigenvalue weighted by molar-refractivity contribution is 5.89. The van der Waals surface area contributed by atoms with Gasteiger partial charge in [-0.1, -0.05) is 0 Å². The highest BCUT2D eigenvalue weighted by Crippen LogP contribution is 2.30. The lowest BCUT2D eigenvalue weighted by Crippen LogP contribution is -2.36. The predicted molar refractivity (Wildman–Crippen MR) is 49.7 cm³/mol. The van der Waals surface area contributed by atoms with Crippen LogP contribution in [0, 0.1) is 5.92 Å². The van der Waals surface area contributed by atoms with Gasteiger partial charge < -0.3 is 9.64 Å². The Morgan fingerprint density at radius 1 is 1.43 bits per heavy atom. The standard InChI is InChI=1S/C10H15NO3/c12-9(8-1-2-8)7-11-4-6-14-5-3-10(11)13/h8H,1-7H2. The van der Waals surface area contributed by atoms with Gasteiger partial charge in [0.1, 0.15) is 0 Å². The number of ketones is 1. The summed E-state index contributed by atoms with van der Waals surface area (Å²) < 4.78 is 5.18. The molecule has 14 heavy (non-hydrogen) atoms. The summed E-state index contributed by atoms with van der Waals surface area (Å²) >= 11 is 0. The van der Waals surface area contributed by atoms with E-state index in [-0.39, 0.29) is 17.6 Å². The van der Waals surface area contributed by atoms with Gasteiger partial charge in [0.25, 0.3) is 0 Å². The Hall–Kier alpha value is -0.900. The van der Waals surface area contributed by atoms with Crippen LogP contribution >= 0.6 is 0 Å². The molecule has 1 aliphatic carbocycles. The number of carbonyl (C=O) groups excluding carboxylic acids is 2. The molecule has 0 radical (unpaired) electrons. The SMILES string of the molecule is O=C(CN1CCOCCC1=O)C1CC1. The number of amides is 1. The van der Waals surface area contributed by atoms with Crippen LogP contribution in [-0.2, 0) is 14.3 Å². The van der Waals surface area contributed by atoms with Crippen LogP contribution in [0.4, 0.5) is 0 Å². The normalized spacial score (nSPS) is 23.4. The Morgan fingerprint density at radius 2 is 2.21 bits per heavy atom. The maximum Gasteiger partial charge on any atom is 0.225 e. The van der Waals surface area contributed by atoms with Crippen molar-refractivity contribution in [2.24, 2.45) is 5.92 Å². The number of rotatable bonds is 3. The molecule has 78 valence electrons. The summed E-state index contributed by atoms with van der Waals surface area (Å²) in [6.07, 6.45) is 2.44. The molecule has 0 aromatic heterocycles. The molecule has 2 rings (SSSR count). The molecule has 0 aromatic rings. The molecule has 0 bridgehead atoms. The van der Waals surface area contributed by atoms with Crippen LogP contribution in [0.5, 0.6) is 0 Å². The molecule has 2 aliphatic rings. The van der Waals surface area contributed by atoms with Gasteiger partial charge >= 0.3 is 0 Å². The first-order valence-corrected chi connectivity index (χ1v) is 5.15. The fraction of sp³-hybridized carbons (Fsp3) is 0.800.